The molecule has 3 rings (SSSR count). The predicted molar refractivity (Wildman–Crippen MR) is 92.7 cm³/mol. The van der Waals surface area contributed by atoms with Crippen LogP contribution >= 0.6 is 11.8 Å². The number of ketones is 1. The summed E-state index contributed by atoms with van der Waals surface area (Å²) in [4.78, 5) is 20.5. The van der Waals surface area contributed by atoms with E-state index < -0.39 is 0 Å². The molecule has 0 aliphatic heterocycles. The van der Waals surface area contributed by atoms with Gasteiger partial charge in [0.1, 0.15) is 5.69 Å². The molecule has 0 saturated carbocycles. The summed E-state index contributed by atoms with van der Waals surface area (Å²) in [5.41, 5.74) is 1.32. The number of nitrogens with zero attached hydrogens (tertiary/aromatic N) is 5. The van der Waals surface area contributed by atoms with E-state index in [1.807, 2.05) is 34.9 Å². The van der Waals surface area contributed by atoms with Gasteiger partial charge in [0, 0.05) is 24.5 Å². The zero-order chi connectivity index (χ0) is 16.8. The van der Waals surface area contributed by atoms with Crippen LogP contribution in [0.4, 0.5) is 0 Å². The number of Topliss-reactive ketones (excluding diaryl/α,β-unsaturated/α-hetero) is 1. The average molecular weight is 337 g/mol. The van der Waals surface area contributed by atoms with Gasteiger partial charge >= 0.3 is 0 Å². The Balaban J connectivity index is 1.80. The Morgan fingerprint density at radius 2 is 2.04 bits per heavy atom. The average Bonchev–Trinajstić information content (AvgIpc) is 3.04. The number of rotatable bonds is 7. The van der Waals surface area contributed by atoms with Gasteiger partial charge in [0.2, 0.25) is 0 Å². The predicted octanol–water partition coefficient (Wildman–Crippen LogP) is 2.90. The van der Waals surface area contributed by atoms with E-state index in [0.29, 0.717) is 34.5 Å². The third-order valence-electron chi connectivity index (χ3n) is 3.25. The number of allylic oxidation sites excluding steroid dienone is 1. The fraction of sp³-hybridized carbons (Fsp3) is 0.118. The van der Waals surface area contributed by atoms with E-state index in [0.717, 1.165) is 0 Å². The molecule has 120 valence electrons. The lowest BCUT2D eigenvalue weighted by molar-refractivity contribution is 0.102. The van der Waals surface area contributed by atoms with Crippen molar-refractivity contribution >= 4 is 17.5 Å². The molecule has 2 heterocycles. The second kappa shape index (κ2) is 7.65. The monoisotopic (exact) mass is 337 g/mol. The third kappa shape index (κ3) is 3.57. The number of benzene rings is 1. The van der Waals surface area contributed by atoms with Gasteiger partial charge < -0.3 is 0 Å². The Kier molecular flexibility index (Phi) is 5.12. The summed E-state index contributed by atoms with van der Waals surface area (Å²) in [6.07, 6.45) is 6.60. The van der Waals surface area contributed by atoms with E-state index in [2.05, 4.69) is 26.7 Å². The van der Waals surface area contributed by atoms with E-state index in [-0.39, 0.29) is 5.78 Å². The highest BCUT2D eigenvalue weighted by Gasteiger charge is 2.16. The molecule has 6 nitrogen and oxygen atoms in total. The van der Waals surface area contributed by atoms with Crippen LogP contribution in [-0.4, -0.2) is 36.3 Å². The number of hydrogen-bond donors (Lipinski definition) is 0. The molecule has 2 aromatic heterocycles. The van der Waals surface area contributed by atoms with Gasteiger partial charge in [-0.25, -0.2) is 4.98 Å². The Hall–Kier alpha value is -2.80. The molecule has 0 atom stereocenters. The molecule has 0 aliphatic rings. The maximum absolute atomic E-state index is 12.2. The summed E-state index contributed by atoms with van der Waals surface area (Å²) in [5.74, 6) is 0.951. The molecule has 0 fully saturated rings. The van der Waals surface area contributed by atoms with Crippen LogP contribution in [0, 0.1) is 0 Å². The second-order valence-corrected chi connectivity index (χ2v) is 5.82. The maximum Gasteiger partial charge on any atom is 0.192 e. The standard InChI is InChI=1S/C17H15N5OS/c1-2-10-22-16(14-11-18-8-9-19-14)20-21-17(22)24-12-15(23)13-6-4-3-5-7-13/h2-9,11H,1,10,12H2. The summed E-state index contributed by atoms with van der Waals surface area (Å²) in [5, 5.41) is 9.02. The molecule has 0 spiro atoms. The van der Waals surface area contributed by atoms with Crippen molar-refractivity contribution in [3.8, 4) is 11.5 Å². The first-order chi connectivity index (χ1) is 11.8. The summed E-state index contributed by atoms with van der Waals surface area (Å²) in [6.45, 7) is 4.29. The number of thioether (sulfide) groups is 1. The number of hydrogen-bond acceptors (Lipinski definition) is 6. The van der Waals surface area contributed by atoms with E-state index in [9.17, 15) is 4.79 Å². The van der Waals surface area contributed by atoms with Gasteiger partial charge in [0.05, 0.1) is 11.9 Å². The molecular formula is C17H15N5OS. The lowest BCUT2D eigenvalue weighted by Crippen LogP contribution is -2.05. The van der Waals surface area contributed by atoms with Crippen LogP contribution in [0.3, 0.4) is 0 Å². The molecule has 24 heavy (non-hydrogen) atoms. The molecule has 1 aromatic carbocycles. The number of carbonyl (C=O) groups excluding carboxylic acids is 1. The number of aromatic nitrogens is 5. The Morgan fingerprint density at radius 1 is 1.21 bits per heavy atom. The topological polar surface area (TPSA) is 73.6 Å². The summed E-state index contributed by atoms with van der Waals surface area (Å²) < 4.78 is 1.87. The van der Waals surface area contributed by atoms with Crippen molar-refractivity contribution < 1.29 is 4.79 Å². The lowest BCUT2D eigenvalue weighted by Gasteiger charge is -2.06. The lowest BCUT2D eigenvalue weighted by atomic mass is 10.2. The van der Waals surface area contributed by atoms with Gasteiger partial charge in [-0.15, -0.1) is 16.8 Å². The summed E-state index contributed by atoms with van der Waals surface area (Å²) in [7, 11) is 0. The van der Waals surface area contributed by atoms with Gasteiger partial charge in [-0.1, -0.05) is 48.2 Å². The molecule has 0 radical (unpaired) electrons. The normalized spacial score (nSPS) is 10.5. The highest BCUT2D eigenvalue weighted by atomic mass is 32.2. The van der Waals surface area contributed by atoms with Crippen molar-refractivity contribution in [2.75, 3.05) is 5.75 Å². The first-order valence-electron chi connectivity index (χ1n) is 7.31. The maximum atomic E-state index is 12.2. The summed E-state index contributed by atoms with van der Waals surface area (Å²) >= 11 is 1.35. The van der Waals surface area contributed by atoms with Gasteiger partial charge in [-0.2, -0.15) is 0 Å². The molecular weight excluding hydrogens is 322 g/mol. The highest BCUT2D eigenvalue weighted by Crippen LogP contribution is 2.23. The van der Waals surface area contributed by atoms with Crippen LogP contribution in [0.2, 0.25) is 0 Å². The molecule has 7 heteroatoms. The molecule has 0 bridgehead atoms. The minimum Gasteiger partial charge on any atom is -0.297 e. The van der Waals surface area contributed by atoms with E-state index >= 15 is 0 Å². The zero-order valence-corrected chi connectivity index (χ0v) is 13.7. The fourth-order valence-electron chi connectivity index (χ4n) is 2.13. The minimum absolute atomic E-state index is 0.0507. The molecule has 0 N–H and O–H groups in total. The van der Waals surface area contributed by atoms with Gasteiger partial charge in [-0.3, -0.25) is 14.3 Å². The van der Waals surface area contributed by atoms with Crippen LogP contribution < -0.4 is 0 Å². The van der Waals surface area contributed by atoms with Crippen LogP contribution in [0.1, 0.15) is 10.4 Å². The van der Waals surface area contributed by atoms with Gasteiger partial charge in [0.15, 0.2) is 16.8 Å². The van der Waals surface area contributed by atoms with E-state index in [1.54, 1.807) is 24.7 Å². The van der Waals surface area contributed by atoms with Crippen molar-refractivity contribution in [2.24, 2.45) is 0 Å². The van der Waals surface area contributed by atoms with Gasteiger partial charge in [-0.05, 0) is 0 Å². The smallest absolute Gasteiger partial charge is 0.192 e. The van der Waals surface area contributed by atoms with Crippen LogP contribution in [0.25, 0.3) is 11.5 Å². The first kappa shape index (κ1) is 16.1. The highest BCUT2D eigenvalue weighted by molar-refractivity contribution is 7.99. The van der Waals surface area contributed by atoms with Crippen molar-refractivity contribution in [3.63, 3.8) is 0 Å². The Bertz CT molecular complexity index is 833. The zero-order valence-electron chi connectivity index (χ0n) is 12.9. The fourth-order valence-corrected chi connectivity index (χ4v) is 2.97. The Morgan fingerprint density at radius 3 is 2.75 bits per heavy atom. The van der Waals surface area contributed by atoms with Crippen molar-refractivity contribution in [1.82, 2.24) is 24.7 Å². The third-order valence-corrected chi connectivity index (χ3v) is 4.22. The molecule has 0 unspecified atom stereocenters. The summed E-state index contributed by atoms with van der Waals surface area (Å²) in [6, 6.07) is 9.21. The minimum atomic E-state index is 0.0507. The van der Waals surface area contributed by atoms with E-state index in [4.69, 9.17) is 0 Å². The van der Waals surface area contributed by atoms with Crippen molar-refractivity contribution in [1.29, 1.82) is 0 Å². The van der Waals surface area contributed by atoms with Crippen molar-refractivity contribution in [2.45, 2.75) is 11.7 Å². The molecule has 0 amide bonds. The van der Waals surface area contributed by atoms with Crippen LogP contribution in [-0.2, 0) is 6.54 Å². The number of carbonyl (C=O) groups is 1. The quantitative estimate of drug-likeness (QED) is 0.375. The second-order valence-electron chi connectivity index (χ2n) is 4.87. The van der Waals surface area contributed by atoms with Crippen LogP contribution in [0.5, 0.6) is 0 Å². The van der Waals surface area contributed by atoms with E-state index in [1.165, 1.54) is 11.8 Å². The largest absolute Gasteiger partial charge is 0.297 e. The molecule has 0 aliphatic carbocycles. The SMILES string of the molecule is C=CCn1c(SCC(=O)c2ccccc2)nnc1-c1cnccn1. The molecule has 3 aromatic rings. The van der Waals surface area contributed by atoms with Crippen molar-refractivity contribution in [3.05, 3.63) is 67.1 Å². The molecule has 0 saturated heterocycles. The first-order valence-corrected chi connectivity index (χ1v) is 8.29. The van der Waals surface area contributed by atoms with Crippen LogP contribution in [0.15, 0.2) is 66.7 Å². The van der Waals surface area contributed by atoms with Gasteiger partial charge in [0.25, 0.3) is 0 Å². The Labute approximate surface area is 143 Å².